The Morgan fingerprint density at radius 3 is 2.33 bits per heavy atom. The molecule has 0 aromatic carbocycles. The highest BCUT2D eigenvalue weighted by atomic mass is 32.2. The molecule has 5 heteroatoms. The molecule has 1 unspecified atom stereocenters. The van der Waals surface area contributed by atoms with Crippen LogP contribution in [-0.4, -0.2) is 44.8 Å². The van der Waals surface area contributed by atoms with Crippen LogP contribution in [0.25, 0.3) is 0 Å². The fraction of sp³-hybridized carbons (Fsp3) is 1.00. The van der Waals surface area contributed by atoms with Gasteiger partial charge in [0, 0.05) is 20.2 Å². The lowest BCUT2D eigenvalue weighted by atomic mass is 10.1. The number of hydrogen-bond acceptors (Lipinski definition) is 3. The van der Waals surface area contributed by atoms with Crippen LogP contribution in [0, 0.1) is 0 Å². The number of hydrogen-bond donors (Lipinski definition) is 0. The average Bonchev–Trinajstić information content (AvgIpc) is 2.32. The highest BCUT2D eigenvalue weighted by Gasteiger charge is 2.37. The van der Waals surface area contributed by atoms with Gasteiger partial charge in [0.05, 0.1) is 11.9 Å². The van der Waals surface area contributed by atoms with E-state index in [1.54, 1.807) is 7.11 Å². The lowest BCUT2D eigenvalue weighted by Crippen LogP contribution is -2.34. The molecule has 0 aromatic rings. The van der Waals surface area contributed by atoms with Gasteiger partial charge >= 0.3 is 0 Å². The maximum Gasteiger partial charge on any atom is 0.211 e. The highest BCUT2D eigenvalue weighted by molar-refractivity contribution is 7.88. The molecule has 1 aliphatic heterocycles. The molecule has 0 aliphatic carbocycles. The van der Waals surface area contributed by atoms with Gasteiger partial charge in [-0.3, -0.25) is 0 Å². The van der Waals surface area contributed by atoms with Crippen molar-refractivity contribution in [2.45, 2.75) is 18.9 Å². The Hall–Kier alpha value is -0.130. The zero-order valence-corrected chi connectivity index (χ0v) is 8.52. The first-order valence-corrected chi connectivity index (χ1v) is 5.72. The molecule has 1 fully saturated rings. The van der Waals surface area contributed by atoms with Crippen LogP contribution in [0.4, 0.5) is 0 Å². The second-order valence-electron chi connectivity index (χ2n) is 3.50. The fourth-order valence-electron chi connectivity index (χ4n) is 1.34. The topological polar surface area (TPSA) is 46.6 Å². The number of sulfonamides is 1. The molecule has 1 saturated heterocycles. The van der Waals surface area contributed by atoms with E-state index in [1.807, 2.05) is 6.92 Å². The zero-order chi connectivity index (χ0) is 9.41. The summed E-state index contributed by atoms with van der Waals surface area (Å²) in [6.45, 7) is 2.98. The standard InChI is InChI=1S/C7H15NO3S/c1-7(11-2)4-5-8(6-7)12(3,9)10/h4-6H2,1-3H3. The van der Waals surface area contributed by atoms with Crippen LogP contribution in [0.5, 0.6) is 0 Å². The lowest BCUT2D eigenvalue weighted by Gasteiger charge is -2.21. The van der Waals surface area contributed by atoms with Crippen LogP contribution >= 0.6 is 0 Å². The van der Waals surface area contributed by atoms with Crippen LogP contribution in [-0.2, 0) is 14.8 Å². The Balaban J connectivity index is 2.70. The SMILES string of the molecule is COC1(C)CCN(S(C)(=O)=O)C1. The van der Waals surface area contributed by atoms with E-state index < -0.39 is 10.0 Å². The van der Waals surface area contributed by atoms with Crippen molar-refractivity contribution in [3.63, 3.8) is 0 Å². The molecule has 1 aliphatic rings. The summed E-state index contributed by atoms with van der Waals surface area (Å²) >= 11 is 0. The first kappa shape index (κ1) is 9.95. The van der Waals surface area contributed by atoms with Gasteiger partial charge in [-0.2, -0.15) is 4.31 Å². The molecule has 0 bridgehead atoms. The predicted molar refractivity (Wildman–Crippen MR) is 46.4 cm³/mol. The normalized spacial score (nSPS) is 32.6. The summed E-state index contributed by atoms with van der Waals surface area (Å²) < 4.78 is 28.9. The van der Waals surface area contributed by atoms with E-state index >= 15 is 0 Å². The van der Waals surface area contributed by atoms with Gasteiger partial charge in [-0.15, -0.1) is 0 Å². The second kappa shape index (κ2) is 2.97. The van der Waals surface area contributed by atoms with Gasteiger partial charge in [0.25, 0.3) is 0 Å². The minimum Gasteiger partial charge on any atom is -0.377 e. The van der Waals surface area contributed by atoms with E-state index in [0.29, 0.717) is 13.1 Å². The van der Waals surface area contributed by atoms with Crippen molar-refractivity contribution in [2.75, 3.05) is 26.5 Å². The van der Waals surface area contributed by atoms with Gasteiger partial charge < -0.3 is 4.74 Å². The van der Waals surface area contributed by atoms with E-state index in [-0.39, 0.29) is 5.60 Å². The second-order valence-corrected chi connectivity index (χ2v) is 5.48. The zero-order valence-electron chi connectivity index (χ0n) is 7.70. The Bertz CT molecular complexity index is 262. The Kier molecular flexibility index (Phi) is 2.47. The maximum absolute atomic E-state index is 11.1. The molecule has 1 rings (SSSR count). The van der Waals surface area contributed by atoms with Crippen LogP contribution < -0.4 is 0 Å². The van der Waals surface area contributed by atoms with Gasteiger partial charge in [0.1, 0.15) is 0 Å². The molecule has 4 nitrogen and oxygen atoms in total. The Morgan fingerprint density at radius 2 is 2.08 bits per heavy atom. The summed E-state index contributed by atoms with van der Waals surface area (Å²) in [7, 11) is -1.41. The fourth-order valence-corrected chi connectivity index (χ4v) is 2.27. The molecule has 1 heterocycles. The number of ether oxygens (including phenoxy) is 1. The van der Waals surface area contributed by atoms with Crippen molar-refractivity contribution < 1.29 is 13.2 Å². The predicted octanol–water partition coefficient (Wildman–Crippen LogP) is 0.0568. The molecule has 0 saturated carbocycles. The summed E-state index contributed by atoms with van der Waals surface area (Å²) in [6, 6.07) is 0. The van der Waals surface area contributed by atoms with E-state index in [0.717, 1.165) is 6.42 Å². The minimum absolute atomic E-state index is 0.289. The van der Waals surface area contributed by atoms with Crippen LogP contribution in [0.1, 0.15) is 13.3 Å². The van der Waals surface area contributed by atoms with Crippen molar-refractivity contribution >= 4 is 10.0 Å². The van der Waals surface area contributed by atoms with Crippen molar-refractivity contribution in [2.24, 2.45) is 0 Å². The van der Waals surface area contributed by atoms with Crippen molar-refractivity contribution in [3.05, 3.63) is 0 Å². The van der Waals surface area contributed by atoms with Crippen molar-refractivity contribution in [1.29, 1.82) is 0 Å². The van der Waals surface area contributed by atoms with Crippen LogP contribution in [0.2, 0.25) is 0 Å². The first-order valence-electron chi connectivity index (χ1n) is 3.88. The van der Waals surface area contributed by atoms with E-state index in [9.17, 15) is 8.42 Å². The third kappa shape index (κ3) is 1.97. The third-order valence-corrected chi connectivity index (χ3v) is 3.61. The van der Waals surface area contributed by atoms with Gasteiger partial charge in [-0.25, -0.2) is 8.42 Å². The maximum atomic E-state index is 11.1. The summed E-state index contributed by atoms with van der Waals surface area (Å²) in [5, 5.41) is 0. The first-order chi connectivity index (χ1) is 5.37. The van der Waals surface area contributed by atoms with Gasteiger partial charge in [0.15, 0.2) is 0 Å². The molecule has 1 atom stereocenters. The largest absolute Gasteiger partial charge is 0.377 e. The number of nitrogens with zero attached hydrogens (tertiary/aromatic N) is 1. The average molecular weight is 193 g/mol. The molecule has 0 N–H and O–H groups in total. The van der Waals surface area contributed by atoms with Crippen molar-refractivity contribution in [3.8, 4) is 0 Å². The van der Waals surface area contributed by atoms with E-state index in [4.69, 9.17) is 4.74 Å². The number of methoxy groups -OCH3 is 1. The molecule has 12 heavy (non-hydrogen) atoms. The van der Waals surface area contributed by atoms with Crippen LogP contribution in [0.15, 0.2) is 0 Å². The Morgan fingerprint density at radius 1 is 1.50 bits per heavy atom. The van der Waals surface area contributed by atoms with Gasteiger partial charge in [-0.1, -0.05) is 0 Å². The van der Waals surface area contributed by atoms with Gasteiger partial charge in [-0.05, 0) is 13.3 Å². The summed E-state index contributed by atoms with van der Waals surface area (Å²) in [6.07, 6.45) is 2.00. The minimum atomic E-state index is -3.03. The van der Waals surface area contributed by atoms with E-state index in [1.165, 1.54) is 10.6 Å². The molecule has 0 amide bonds. The Labute approximate surface area is 73.6 Å². The van der Waals surface area contributed by atoms with Gasteiger partial charge in [0.2, 0.25) is 10.0 Å². The third-order valence-electron chi connectivity index (χ3n) is 2.36. The highest BCUT2D eigenvalue weighted by Crippen LogP contribution is 2.25. The lowest BCUT2D eigenvalue weighted by molar-refractivity contribution is 0.0199. The molecular formula is C7H15NO3S. The molecular weight excluding hydrogens is 178 g/mol. The van der Waals surface area contributed by atoms with Crippen LogP contribution in [0.3, 0.4) is 0 Å². The summed E-state index contributed by atoms with van der Waals surface area (Å²) in [5.74, 6) is 0. The smallest absolute Gasteiger partial charge is 0.211 e. The van der Waals surface area contributed by atoms with E-state index in [2.05, 4.69) is 0 Å². The molecule has 0 radical (unpaired) electrons. The monoisotopic (exact) mass is 193 g/mol. The molecule has 0 aromatic heterocycles. The molecule has 72 valence electrons. The van der Waals surface area contributed by atoms with Crippen molar-refractivity contribution in [1.82, 2.24) is 4.31 Å². The molecule has 0 spiro atoms. The number of rotatable bonds is 2. The quantitative estimate of drug-likeness (QED) is 0.623. The summed E-state index contributed by atoms with van der Waals surface area (Å²) in [4.78, 5) is 0. The summed E-state index contributed by atoms with van der Waals surface area (Å²) in [5.41, 5.74) is -0.289.